The van der Waals surface area contributed by atoms with Gasteiger partial charge in [0.15, 0.2) is 0 Å². The van der Waals surface area contributed by atoms with Crippen molar-refractivity contribution in [3.05, 3.63) is 41.0 Å². The van der Waals surface area contributed by atoms with Gasteiger partial charge in [0.25, 0.3) is 0 Å². The molecule has 150 valence electrons. The summed E-state index contributed by atoms with van der Waals surface area (Å²) in [5, 5.41) is 10.5. The number of Topliss-reactive ketones (excluding diaryl/α,β-unsaturated/α-hetero) is 2. The number of hydrogen-bond acceptors (Lipinski definition) is 3. The molecule has 3 heteroatoms. The molecule has 1 aromatic rings. The molecule has 0 heterocycles. The fourth-order valence-corrected chi connectivity index (χ4v) is 5.77. The molecule has 0 spiro atoms. The number of carbonyl (C=O) groups excluding carboxylic acids is 2. The van der Waals surface area contributed by atoms with E-state index in [1.807, 2.05) is 0 Å². The highest BCUT2D eigenvalue weighted by Gasteiger charge is 2.33. The molecule has 3 aliphatic carbocycles. The lowest BCUT2D eigenvalue weighted by Crippen LogP contribution is -2.25. The number of aliphatic hydroxyl groups excluding tert-OH is 1. The molecule has 2 fully saturated rings. The second kappa shape index (κ2) is 8.63. The number of carbonyl (C=O) groups is 2. The average Bonchev–Trinajstić information content (AvgIpc) is 2.75. The Morgan fingerprint density at radius 2 is 1.43 bits per heavy atom. The van der Waals surface area contributed by atoms with E-state index in [1.165, 1.54) is 57.8 Å². The van der Waals surface area contributed by atoms with Crippen molar-refractivity contribution >= 4 is 17.3 Å². The number of hydrogen-bond donors (Lipinski definition) is 1. The van der Waals surface area contributed by atoms with Gasteiger partial charge in [-0.1, -0.05) is 75.6 Å². The summed E-state index contributed by atoms with van der Waals surface area (Å²) in [5.41, 5.74) is 1.16. The first-order chi connectivity index (χ1) is 13.6. The highest BCUT2D eigenvalue weighted by atomic mass is 16.3. The Labute approximate surface area is 168 Å². The highest BCUT2D eigenvalue weighted by Crippen LogP contribution is 2.41. The van der Waals surface area contributed by atoms with Crippen LogP contribution in [0.1, 0.15) is 93.0 Å². The van der Waals surface area contributed by atoms with Crippen molar-refractivity contribution in [2.75, 3.05) is 0 Å². The molecule has 3 nitrogen and oxygen atoms in total. The molecule has 0 unspecified atom stereocenters. The topological polar surface area (TPSA) is 54.4 Å². The van der Waals surface area contributed by atoms with Crippen LogP contribution in [0.5, 0.6) is 0 Å². The van der Waals surface area contributed by atoms with E-state index in [9.17, 15) is 14.7 Å². The minimum absolute atomic E-state index is 0.0150. The van der Waals surface area contributed by atoms with Crippen molar-refractivity contribution in [3.8, 4) is 0 Å². The lowest BCUT2D eigenvalue weighted by atomic mass is 9.70. The van der Waals surface area contributed by atoms with Crippen molar-refractivity contribution in [1.29, 1.82) is 0 Å². The second-order valence-corrected chi connectivity index (χ2v) is 9.10. The Balaban J connectivity index is 1.30. The predicted molar refractivity (Wildman–Crippen MR) is 111 cm³/mol. The highest BCUT2D eigenvalue weighted by molar-refractivity contribution is 6.52. The molecule has 28 heavy (non-hydrogen) atoms. The van der Waals surface area contributed by atoms with Gasteiger partial charge >= 0.3 is 0 Å². The molecule has 0 aromatic heterocycles. The maximum atomic E-state index is 12.4. The van der Waals surface area contributed by atoms with Crippen LogP contribution in [0.2, 0.25) is 0 Å². The summed E-state index contributed by atoms with van der Waals surface area (Å²) >= 11 is 0. The van der Waals surface area contributed by atoms with Gasteiger partial charge in [-0.15, -0.1) is 0 Å². The van der Waals surface area contributed by atoms with Gasteiger partial charge in [-0.25, -0.2) is 0 Å². The monoisotopic (exact) mass is 380 g/mol. The number of benzene rings is 1. The molecule has 0 aliphatic heterocycles. The third-order valence-electron chi connectivity index (χ3n) is 7.44. The van der Waals surface area contributed by atoms with Crippen molar-refractivity contribution in [3.63, 3.8) is 0 Å². The van der Waals surface area contributed by atoms with Crippen LogP contribution < -0.4 is 0 Å². The van der Waals surface area contributed by atoms with Crippen LogP contribution in [0.25, 0.3) is 5.76 Å². The number of allylic oxidation sites excluding steroid dienone is 1. The molecule has 1 N–H and O–H groups in total. The summed E-state index contributed by atoms with van der Waals surface area (Å²) in [5.74, 6) is 1.68. The van der Waals surface area contributed by atoms with Gasteiger partial charge < -0.3 is 5.11 Å². The average molecular weight is 381 g/mol. The summed E-state index contributed by atoms with van der Waals surface area (Å²) < 4.78 is 0. The summed E-state index contributed by atoms with van der Waals surface area (Å²) in [4.78, 5) is 24.8. The van der Waals surface area contributed by atoms with Gasteiger partial charge in [0.05, 0.1) is 0 Å². The van der Waals surface area contributed by atoms with E-state index in [1.54, 1.807) is 24.3 Å². The zero-order valence-corrected chi connectivity index (χ0v) is 16.8. The van der Waals surface area contributed by atoms with Crippen LogP contribution >= 0.6 is 0 Å². The number of aliphatic hydroxyl groups is 1. The molecule has 2 saturated carbocycles. The van der Waals surface area contributed by atoms with E-state index in [-0.39, 0.29) is 5.76 Å². The minimum Gasteiger partial charge on any atom is -0.507 e. The van der Waals surface area contributed by atoms with Gasteiger partial charge in [-0.05, 0) is 43.4 Å². The lowest BCUT2D eigenvalue weighted by molar-refractivity contribution is -0.112. The Bertz CT molecular complexity index is 762. The van der Waals surface area contributed by atoms with Crippen LogP contribution in [-0.4, -0.2) is 16.7 Å². The van der Waals surface area contributed by atoms with Crippen LogP contribution in [0.3, 0.4) is 0 Å². The number of rotatable bonds is 5. The van der Waals surface area contributed by atoms with Gasteiger partial charge in [-0.3, -0.25) is 9.59 Å². The fraction of sp³-hybridized carbons (Fsp3) is 0.600. The summed E-state index contributed by atoms with van der Waals surface area (Å²) in [6.07, 6.45) is 15.0. The van der Waals surface area contributed by atoms with E-state index in [2.05, 4.69) is 0 Å². The van der Waals surface area contributed by atoms with Crippen LogP contribution in [-0.2, 0) is 4.79 Å². The number of ketones is 2. The standard InChI is InChI=1S/C25H32O3/c26-23-20-10-4-5-11-21(20)24(27)25(28)22(23)12-6-7-17-13-15-19(16-14-17)18-8-2-1-3-9-18/h4-5,10-11,17-19,26H,1-3,6-9,12-16H2. The third-order valence-corrected chi connectivity index (χ3v) is 7.44. The molecule has 0 bridgehead atoms. The van der Waals surface area contributed by atoms with Gasteiger partial charge in [0.1, 0.15) is 5.76 Å². The fourth-order valence-electron chi connectivity index (χ4n) is 5.77. The van der Waals surface area contributed by atoms with Crippen LogP contribution in [0.4, 0.5) is 0 Å². The van der Waals surface area contributed by atoms with Gasteiger partial charge in [-0.2, -0.15) is 0 Å². The Morgan fingerprint density at radius 1 is 0.786 bits per heavy atom. The predicted octanol–water partition coefficient (Wildman–Crippen LogP) is 6.28. The van der Waals surface area contributed by atoms with Crippen molar-refractivity contribution in [1.82, 2.24) is 0 Å². The Morgan fingerprint density at radius 3 is 2.14 bits per heavy atom. The first kappa shape index (κ1) is 19.4. The second-order valence-electron chi connectivity index (χ2n) is 9.10. The molecule has 1 aromatic carbocycles. The molecule has 0 saturated heterocycles. The smallest absolute Gasteiger partial charge is 0.234 e. The number of fused-ring (bicyclic) bond motifs is 1. The first-order valence-electron chi connectivity index (χ1n) is 11.3. The molecular formula is C25H32O3. The van der Waals surface area contributed by atoms with E-state index in [0.717, 1.165) is 30.6 Å². The minimum atomic E-state index is -0.516. The van der Waals surface area contributed by atoms with Crippen LogP contribution in [0.15, 0.2) is 29.8 Å². The maximum Gasteiger partial charge on any atom is 0.234 e. The van der Waals surface area contributed by atoms with Crippen LogP contribution in [0, 0.1) is 17.8 Å². The summed E-state index contributed by atoms with van der Waals surface area (Å²) in [6.45, 7) is 0. The molecule has 0 atom stereocenters. The van der Waals surface area contributed by atoms with E-state index < -0.39 is 11.6 Å². The van der Waals surface area contributed by atoms with Crippen molar-refractivity contribution < 1.29 is 14.7 Å². The van der Waals surface area contributed by atoms with E-state index in [0.29, 0.717) is 23.1 Å². The largest absolute Gasteiger partial charge is 0.507 e. The quantitative estimate of drug-likeness (QED) is 0.612. The molecule has 4 rings (SSSR count). The Hall–Kier alpha value is -1.90. The summed E-state index contributed by atoms with van der Waals surface area (Å²) in [7, 11) is 0. The third kappa shape index (κ3) is 3.94. The van der Waals surface area contributed by atoms with Crippen molar-refractivity contribution in [2.24, 2.45) is 17.8 Å². The Kier molecular flexibility index (Phi) is 5.99. The molecule has 0 amide bonds. The van der Waals surface area contributed by atoms with E-state index >= 15 is 0 Å². The van der Waals surface area contributed by atoms with Crippen molar-refractivity contribution in [2.45, 2.75) is 77.0 Å². The normalized spacial score (nSPS) is 26.4. The molecule has 3 aliphatic rings. The summed E-state index contributed by atoms with van der Waals surface area (Å²) in [6, 6.07) is 6.86. The molecule has 0 radical (unpaired) electrons. The van der Waals surface area contributed by atoms with Gasteiger partial charge in [0.2, 0.25) is 11.6 Å². The maximum absolute atomic E-state index is 12.4. The van der Waals surface area contributed by atoms with Gasteiger partial charge in [0, 0.05) is 16.7 Å². The zero-order chi connectivity index (χ0) is 19.5. The zero-order valence-electron chi connectivity index (χ0n) is 16.8. The lowest BCUT2D eigenvalue weighted by Gasteiger charge is -2.36. The molecular weight excluding hydrogens is 348 g/mol. The first-order valence-corrected chi connectivity index (χ1v) is 11.3. The SMILES string of the molecule is O=C1C(=O)c2ccccc2C(O)=C1CCCC1CCC(C2CCCCC2)CC1. The van der Waals surface area contributed by atoms with E-state index in [4.69, 9.17) is 0 Å².